The van der Waals surface area contributed by atoms with Gasteiger partial charge in [-0.15, -0.1) is 0 Å². The number of phenolic OH excluding ortho intramolecular Hbond substituents is 1. The fourth-order valence-electron chi connectivity index (χ4n) is 3.98. The standard InChI is InChI=1S/C27H46N8O6/c1-3-16(2)22(26(40)41)35-25(39)21(15-17-9-11-18(36)12-10-17)34-24(38)20(8-4-5-13-28)33-23(37)19(29)7-6-14-32-27(30)31/h9-12,16,19-22,36H,3-8,13-15,28-29H2,1-2H3,(H,33,37)(H,34,38)(H,35,39)(H,40,41)(H4,30,31,32). The van der Waals surface area contributed by atoms with E-state index in [4.69, 9.17) is 22.9 Å². The van der Waals surface area contributed by atoms with E-state index in [0.29, 0.717) is 44.3 Å². The zero-order valence-electron chi connectivity index (χ0n) is 23.8. The Bertz CT molecular complexity index is 1020. The van der Waals surface area contributed by atoms with Crippen molar-refractivity contribution < 1.29 is 29.4 Å². The molecule has 1 aromatic rings. The van der Waals surface area contributed by atoms with E-state index in [1.807, 2.05) is 6.92 Å². The predicted octanol–water partition coefficient (Wildman–Crippen LogP) is -0.970. The Morgan fingerprint density at radius 3 is 2.07 bits per heavy atom. The largest absolute Gasteiger partial charge is 0.508 e. The quantitative estimate of drug-likeness (QED) is 0.0551. The molecule has 0 heterocycles. The number of nitrogens with one attached hydrogen (secondary N) is 3. The van der Waals surface area contributed by atoms with Crippen LogP contribution in [0.1, 0.15) is 57.9 Å². The molecule has 0 radical (unpaired) electrons. The van der Waals surface area contributed by atoms with Crippen LogP contribution in [0.4, 0.5) is 0 Å². The summed E-state index contributed by atoms with van der Waals surface area (Å²) in [4.78, 5) is 55.2. The van der Waals surface area contributed by atoms with E-state index in [-0.39, 0.29) is 36.9 Å². The number of rotatable bonds is 19. The molecule has 14 nitrogen and oxygen atoms in total. The molecule has 0 aliphatic carbocycles. The topological polar surface area (TPSA) is 261 Å². The normalized spacial score (nSPS) is 14.5. The van der Waals surface area contributed by atoms with Gasteiger partial charge in [-0.1, -0.05) is 32.4 Å². The van der Waals surface area contributed by atoms with Crippen LogP contribution in [0.25, 0.3) is 0 Å². The van der Waals surface area contributed by atoms with Crippen molar-refractivity contribution in [3.8, 4) is 5.75 Å². The third-order valence-corrected chi connectivity index (χ3v) is 6.67. The van der Waals surface area contributed by atoms with Crippen molar-refractivity contribution in [2.24, 2.45) is 33.8 Å². The molecule has 0 aliphatic rings. The Labute approximate surface area is 240 Å². The SMILES string of the molecule is CCC(C)C(NC(=O)C(Cc1ccc(O)cc1)NC(=O)C(CCCCN)NC(=O)C(N)CCCN=C(N)N)C(=O)O. The zero-order valence-corrected chi connectivity index (χ0v) is 23.8. The maximum absolute atomic E-state index is 13.4. The van der Waals surface area contributed by atoms with Gasteiger partial charge in [-0.3, -0.25) is 19.4 Å². The van der Waals surface area contributed by atoms with E-state index < -0.39 is 47.9 Å². The molecule has 13 N–H and O–H groups in total. The molecule has 0 aliphatic heterocycles. The molecule has 0 saturated heterocycles. The first-order valence-electron chi connectivity index (χ1n) is 13.8. The van der Waals surface area contributed by atoms with Gasteiger partial charge >= 0.3 is 5.97 Å². The number of carbonyl (C=O) groups excluding carboxylic acids is 3. The summed E-state index contributed by atoms with van der Waals surface area (Å²) < 4.78 is 0. The van der Waals surface area contributed by atoms with Crippen molar-refractivity contribution >= 4 is 29.7 Å². The van der Waals surface area contributed by atoms with Crippen LogP contribution in [-0.2, 0) is 25.6 Å². The fraction of sp³-hybridized carbons (Fsp3) is 0.593. The first-order chi connectivity index (χ1) is 19.4. The summed E-state index contributed by atoms with van der Waals surface area (Å²) in [5, 5.41) is 27.2. The van der Waals surface area contributed by atoms with E-state index in [9.17, 15) is 29.4 Å². The zero-order chi connectivity index (χ0) is 30.9. The molecular weight excluding hydrogens is 532 g/mol. The van der Waals surface area contributed by atoms with Crippen LogP contribution in [0, 0.1) is 5.92 Å². The third-order valence-electron chi connectivity index (χ3n) is 6.67. The highest BCUT2D eigenvalue weighted by Gasteiger charge is 2.32. The molecule has 0 fully saturated rings. The van der Waals surface area contributed by atoms with E-state index in [1.54, 1.807) is 19.1 Å². The van der Waals surface area contributed by atoms with Crippen LogP contribution in [0.2, 0.25) is 0 Å². The van der Waals surface area contributed by atoms with Gasteiger partial charge in [0.2, 0.25) is 17.7 Å². The average Bonchev–Trinajstić information content (AvgIpc) is 2.93. The van der Waals surface area contributed by atoms with Crippen LogP contribution in [0.3, 0.4) is 0 Å². The highest BCUT2D eigenvalue weighted by atomic mass is 16.4. The van der Waals surface area contributed by atoms with E-state index in [1.165, 1.54) is 12.1 Å². The number of hydrogen-bond donors (Lipinski definition) is 9. The number of carboxylic acid groups (broad SMARTS) is 1. The fourth-order valence-corrected chi connectivity index (χ4v) is 3.98. The minimum absolute atomic E-state index is 0.0124. The second-order valence-electron chi connectivity index (χ2n) is 10.0. The van der Waals surface area contributed by atoms with Gasteiger partial charge in [0.1, 0.15) is 23.9 Å². The molecule has 1 rings (SSSR count). The van der Waals surface area contributed by atoms with E-state index in [0.717, 1.165) is 0 Å². The summed E-state index contributed by atoms with van der Waals surface area (Å²) in [7, 11) is 0. The van der Waals surface area contributed by atoms with Crippen molar-refractivity contribution in [2.45, 2.75) is 83.0 Å². The van der Waals surface area contributed by atoms with Gasteiger partial charge < -0.3 is 49.1 Å². The monoisotopic (exact) mass is 578 g/mol. The molecule has 5 unspecified atom stereocenters. The number of carbonyl (C=O) groups is 4. The second-order valence-corrected chi connectivity index (χ2v) is 10.0. The van der Waals surface area contributed by atoms with Gasteiger partial charge in [0.15, 0.2) is 5.96 Å². The summed E-state index contributed by atoms with van der Waals surface area (Å²) in [5.74, 6) is -3.46. The van der Waals surface area contributed by atoms with Gasteiger partial charge in [0.05, 0.1) is 6.04 Å². The molecule has 5 atom stereocenters. The van der Waals surface area contributed by atoms with Gasteiger partial charge in [-0.2, -0.15) is 0 Å². The molecule has 14 heteroatoms. The predicted molar refractivity (Wildman–Crippen MR) is 155 cm³/mol. The molecule has 41 heavy (non-hydrogen) atoms. The van der Waals surface area contributed by atoms with Gasteiger partial charge in [-0.05, 0) is 62.3 Å². The Balaban J connectivity index is 3.11. The van der Waals surface area contributed by atoms with E-state index in [2.05, 4.69) is 20.9 Å². The number of carboxylic acids is 1. The van der Waals surface area contributed by atoms with Crippen LogP contribution in [0.5, 0.6) is 5.75 Å². The average molecular weight is 579 g/mol. The lowest BCUT2D eigenvalue weighted by Gasteiger charge is -2.27. The van der Waals surface area contributed by atoms with Gasteiger partial charge in [0, 0.05) is 13.0 Å². The Morgan fingerprint density at radius 1 is 0.902 bits per heavy atom. The van der Waals surface area contributed by atoms with Crippen LogP contribution in [-0.4, -0.2) is 77.1 Å². The first-order valence-corrected chi connectivity index (χ1v) is 13.8. The minimum atomic E-state index is -1.19. The number of nitrogens with zero attached hydrogens (tertiary/aromatic N) is 1. The summed E-state index contributed by atoms with van der Waals surface area (Å²) >= 11 is 0. The van der Waals surface area contributed by atoms with Crippen molar-refractivity contribution in [3.63, 3.8) is 0 Å². The molecule has 230 valence electrons. The lowest BCUT2D eigenvalue weighted by atomic mass is 9.98. The molecule has 0 bridgehead atoms. The van der Waals surface area contributed by atoms with Gasteiger partial charge in [0.25, 0.3) is 0 Å². The van der Waals surface area contributed by atoms with Crippen molar-refractivity contribution in [1.82, 2.24) is 16.0 Å². The number of aliphatic imine (C=N–C) groups is 1. The highest BCUT2D eigenvalue weighted by Crippen LogP contribution is 2.14. The molecule has 0 spiro atoms. The number of hydrogen-bond acceptors (Lipinski definition) is 8. The lowest BCUT2D eigenvalue weighted by molar-refractivity contribution is -0.143. The first kappa shape index (κ1) is 35.1. The number of amides is 3. The van der Waals surface area contributed by atoms with Crippen LogP contribution < -0.4 is 38.9 Å². The Hall–Kier alpha value is -3.91. The van der Waals surface area contributed by atoms with Crippen molar-refractivity contribution in [3.05, 3.63) is 29.8 Å². The maximum atomic E-state index is 13.4. The summed E-state index contributed by atoms with van der Waals surface area (Å²) in [5.41, 5.74) is 22.8. The minimum Gasteiger partial charge on any atom is -0.508 e. The van der Waals surface area contributed by atoms with Gasteiger partial charge in [-0.25, -0.2) is 4.79 Å². The molecular formula is C27H46N8O6. The van der Waals surface area contributed by atoms with Crippen LogP contribution >= 0.6 is 0 Å². The van der Waals surface area contributed by atoms with Crippen LogP contribution in [0.15, 0.2) is 29.3 Å². The Kier molecular flexibility index (Phi) is 15.8. The summed E-state index contributed by atoms with van der Waals surface area (Å²) in [6, 6.07) is 1.80. The summed E-state index contributed by atoms with van der Waals surface area (Å²) in [6.45, 7) is 4.20. The molecule has 1 aromatic carbocycles. The number of aromatic hydroxyl groups is 1. The smallest absolute Gasteiger partial charge is 0.326 e. The number of phenols is 1. The maximum Gasteiger partial charge on any atom is 0.326 e. The number of aliphatic carboxylic acids is 1. The number of benzene rings is 1. The third kappa shape index (κ3) is 13.3. The Morgan fingerprint density at radius 2 is 1.51 bits per heavy atom. The van der Waals surface area contributed by atoms with Crippen molar-refractivity contribution in [1.29, 1.82) is 0 Å². The highest BCUT2D eigenvalue weighted by molar-refractivity contribution is 5.94. The van der Waals surface area contributed by atoms with Crippen molar-refractivity contribution in [2.75, 3.05) is 13.1 Å². The molecule has 3 amide bonds. The molecule has 0 aromatic heterocycles. The number of guanidine groups is 1. The molecule has 0 saturated carbocycles. The number of unbranched alkanes of at least 4 members (excludes halogenated alkanes) is 1. The van der Waals surface area contributed by atoms with E-state index >= 15 is 0 Å². The lowest BCUT2D eigenvalue weighted by Crippen LogP contribution is -2.58. The second kappa shape index (κ2) is 18.4. The summed E-state index contributed by atoms with van der Waals surface area (Å²) in [6.07, 6.45) is 2.62. The number of nitrogens with two attached hydrogens (primary N) is 4.